The Kier molecular flexibility index (Phi) is 5.02. The number of rotatable bonds is 5. The van der Waals surface area contributed by atoms with Gasteiger partial charge in [-0.2, -0.15) is 0 Å². The highest BCUT2D eigenvalue weighted by atomic mass is 32.2. The number of fused-ring (bicyclic) bond motifs is 3. The molecule has 8 nitrogen and oxygen atoms in total. The molecule has 9 heteroatoms. The Morgan fingerprint density at radius 1 is 1.06 bits per heavy atom. The molecule has 0 saturated carbocycles. The third kappa shape index (κ3) is 3.36. The van der Waals surface area contributed by atoms with E-state index in [-0.39, 0.29) is 11.3 Å². The molecule has 32 heavy (non-hydrogen) atoms. The first-order valence-corrected chi connectivity index (χ1v) is 10.8. The van der Waals surface area contributed by atoms with Gasteiger partial charge in [-0.3, -0.25) is 9.20 Å². The van der Waals surface area contributed by atoms with Crippen LogP contribution in [0.5, 0.6) is 0 Å². The van der Waals surface area contributed by atoms with Crippen LogP contribution < -0.4 is 5.56 Å². The molecule has 5 rings (SSSR count). The molecule has 0 bridgehead atoms. The van der Waals surface area contributed by atoms with Crippen LogP contribution in [0.15, 0.2) is 75.0 Å². The lowest BCUT2D eigenvalue weighted by molar-refractivity contribution is 0.0563. The van der Waals surface area contributed by atoms with Crippen molar-refractivity contribution in [2.75, 3.05) is 7.11 Å². The van der Waals surface area contributed by atoms with Gasteiger partial charge >= 0.3 is 5.97 Å². The molecule has 0 radical (unpaired) electrons. The zero-order valence-electron chi connectivity index (χ0n) is 17.3. The van der Waals surface area contributed by atoms with Crippen molar-refractivity contribution in [2.24, 2.45) is 0 Å². The number of hydrogen-bond acceptors (Lipinski definition) is 7. The van der Waals surface area contributed by atoms with Crippen LogP contribution in [-0.4, -0.2) is 32.2 Å². The average Bonchev–Trinajstić information content (AvgIpc) is 3.46. The summed E-state index contributed by atoms with van der Waals surface area (Å²) in [5.74, 6) is 1.07. The second-order valence-corrected chi connectivity index (χ2v) is 8.10. The first-order chi connectivity index (χ1) is 15.6. The molecule has 0 atom stereocenters. The summed E-state index contributed by atoms with van der Waals surface area (Å²) in [5, 5.41) is 9.85. The Labute approximate surface area is 186 Å². The van der Waals surface area contributed by atoms with Gasteiger partial charge in [0.25, 0.3) is 5.56 Å². The van der Waals surface area contributed by atoms with E-state index in [4.69, 9.17) is 4.42 Å². The lowest BCUT2D eigenvalue weighted by Gasteiger charge is -2.11. The molecular weight excluding hydrogens is 428 g/mol. The van der Waals surface area contributed by atoms with Crippen LogP contribution in [-0.2, 0) is 10.5 Å². The van der Waals surface area contributed by atoms with E-state index in [9.17, 15) is 9.59 Å². The second-order valence-electron chi connectivity index (χ2n) is 7.16. The van der Waals surface area contributed by atoms with Crippen LogP contribution in [0.1, 0.15) is 21.9 Å². The number of methoxy groups -OCH3 is 1. The van der Waals surface area contributed by atoms with Gasteiger partial charge in [-0.25, -0.2) is 9.36 Å². The smallest absolute Gasteiger partial charge is 0.373 e. The topological polar surface area (TPSA) is 91.6 Å². The average molecular weight is 446 g/mol. The molecule has 2 aromatic carbocycles. The molecule has 0 amide bonds. The van der Waals surface area contributed by atoms with Gasteiger partial charge in [-0.15, -0.1) is 10.2 Å². The molecule has 0 spiro atoms. The maximum Gasteiger partial charge on any atom is 0.373 e. The van der Waals surface area contributed by atoms with Gasteiger partial charge in [0.05, 0.1) is 29.5 Å². The van der Waals surface area contributed by atoms with E-state index >= 15 is 0 Å². The van der Waals surface area contributed by atoms with Crippen LogP contribution in [0.25, 0.3) is 22.4 Å². The Hall–Kier alpha value is -3.85. The maximum atomic E-state index is 13.3. The third-order valence-electron chi connectivity index (χ3n) is 5.08. The van der Waals surface area contributed by atoms with Gasteiger partial charge < -0.3 is 9.15 Å². The molecule has 160 valence electrons. The number of nitrogens with zero attached hydrogens (tertiary/aromatic N) is 4. The van der Waals surface area contributed by atoms with Crippen LogP contribution in [0.2, 0.25) is 0 Å². The van der Waals surface area contributed by atoms with Crippen molar-refractivity contribution >= 4 is 34.4 Å². The molecule has 0 N–H and O–H groups in total. The monoisotopic (exact) mass is 446 g/mol. The largest absolute Gasteiger partial charge is 0.463 e. The Morgan fingerprint density at radius 3 is 2.62 bits per heavy atom. The van der Waals surface area contributed by atoms with E-state index in [2.05, 4.69) is 14.9 Å². The lowest BCUT2D eigenvalue weighted by atomic mass is 10.2. The quantitative estimate of drug-likeness (QED) is 0.297. The van der Waals surface area contributed by atoms with Crippen molar-refractivity contribution in [1.29, 1.82) is 0 Å². The van der Waals surface area contributed by atoms with E-state index in [1.54, 1.807) is 22.8 Å². The summed E-state index contributed by atoms with van der Waals surface area (Å²) in [7, 11) is 1.31. The van der Waals surface area contributed by atoms with E-state index in [1.165, 1.54) is 18.9 Å². The minimum absolute atomic E-state index is 0.146. The van der Waals surface area contributed by atoms with Crippen molar-refractivity contribution < 1.29 is 13.9 Å². The van der Waals surface area contributed by atoms with E-state index in [0.29, 0.717) is 33.5 Å². The second kappa shape index (κ2) is 8.01. The number of para-hydroxylation sites is 1. The summed E-state index contributed by atoms with van der Waals surface area (Å²) in [6.07, 6.45) is 0. The Morgan fingerprint density at radius 2 is 1.84 bits per heavy atom. The summed E-state index contributed by atoms with van der Waals surface area (Å²) in [6.45, 7) is 1.99. The fourth-order valence-electron chi connectivity index (χ4n) is 3.50. The van der Waals surface area contributed by atoms with E-state index in [0.717, 1.165) is 11.1 Å². The SMILES string of the molecule is COC(=O)c1ccc(CSc2nnc3n(-c4ccc(C)cc4)c(=O)c4ccccc4n23)o1. The summed E-state index contributed by atoms with van der Waals surface area (Å²) in [4.78, 5) is 25.0. The van der Waals surface area contributed by atoms with Gasteiger partial charge in [0, 0.05) is 0 Å². The van der Waals surface area contributed by atoms with Crippen LogP contribution in [0.4, 0.5) is 0 Å². The summed E-state index contributed by atoms with van der Waals surface area (Å²) in [6, 6.07) is 18.4. The normalized spacial score (nSPS) is 11.3. The summed E-state index contributed by atoms with van der Waals surface area (Å²) in [5.41, 5.74) is 2.38. The first-order valence-electron chi connectivity index (χ1n) is 9.82. The lowest BCUT2D eigenvalue weighted by Crippen LogP contribution is -2.21. The van der Waals surface area contributed by atoms with Gasteiger partial charge in [0.15, 0.2) is 5.16 Å². The fourth-order valence-corrected chi connectivity index (χ4v) is 4.33. The predicted octanol–water partition coefficient (Wildman–Crippen LogP) is 4.01. The molecule has 0 aliphatic rings. The summed E-state index contributed by atoms with van der Waals surface area (Å²) < 4.78 is 13.7. The number of furan rings is 1. The molecule has 3 heterocycles. The van der Waals surface area contributed by atoms with Crippen molar-refractivity contribution in [3.8, 4) is 5.69 Å². The number of carbonyl (C=O) groups excluding carboxylic acids is 1. The highest BCUT2D eigenvalue weighted by Crippen LogP contribution is 2.26. The molecule has 5 aromatic rings. The zero-order valence-corrected chi connectivity index (χ0v) is 18.1. The minimum Gasteiger partial charge on any atom is -0.463 e. The molecular formula is C23H18N4O4S. The number of carbonyl (C=O) groups is 1. The van der Waals surface area contributed by atoms with Gasteiger partial charge in [0.2, 0.25) is 11.5 Å². The summed E-state index contributed by atoms with van der Waals surface area (Å²) >= 11 is 1.40. The minimum atomic E-state index is -0.526. The zero-order chi connectivity index (χ0) is 22.2. The highest BCUT2D eigenvalue weighted by molar-refractivity contribution is 7.98. The Bertz CT molecular complexity index is 1520. The van der Waals surface area contributed by atoms with Crippen LogP contribution >= 0.6 is 11.8 Å². The van der Waals surface area contributed by atoms with Gasteiger partial charge in [0.1, 0.15) is 5.76 Å². The highest BCUT2D eigenvalue weighted by Gasteiger charge is 2.19. The number of ether oxygens (including phenoxy) is 1. The molecule has 0 saturated heterocycles. The van der Waals surface area contributed by atoms with Crippen molar-refractivity contribution in [1.82, 2.24) is 19.2 Å². The molecule has 3 aromatic heterocycles. The maximum absolute atomic E-state index is 13.3. The number of aryl methyl sites for hydroxylation is 1. The van der Waals surface area contributed by atoms with Crippen molar-refractivity contribution in [3.05, 3.63) is 88.1 Å². The number of aromatic nitrogens is 4. The first kappa shape index (κ1) is 20.1. The number of hydrogen-bond donors (Lipinski definition) is 0. The fraction of sp³-hybridized carbons (Fsp3) is 0.130. The van der Waals surface area contributed by atoms with Gasteiger partial charge in [-0.1, -0.05) is 41.6 Å². The molecule has 0 aliphatic heterocycles. The van der Waals surface area contributed by atoms with Crippen molar-refractivity contribution in [3.63, 3.8) is 0 Å². The number of esters is 1. The van der Waals surface area contributed by atoms with Gasteiger partial charge in [-0.05, 0) is 43.3 Å². The molecule has 0 aliphatic carbocycles. The van der Waals surface area contributed by atoms with Crippen molar-refractivity contribution in [2.45, 2.75) is 17.8 Å². The number of benzene rings is 2. The number of thioether (sulfide) groups is 1. The predicted molar refractivity (Wildman–Crippen MR) is 120 cm³/mol. The standard InChI is InChI=1S/C23H18N4O4S/c1-14-7-9-15(10-8-14)26-20(28)17-5-3-4-6-18(17)27-22(26)24-25-23(27)32-13-16-11-12-19(31-16)21(29)30-2/h3-12H,13H2,1-2H3. The molecule has 0 fully saturated rings. The van der Waals surface area contributed by atoms with Crippen LogP contribution in [0.3, 0.4) is 0 Å². The Balaban J connectivity index is 1.62. The molecule has 0 unspecified atom stereocenters. The third-order valence-corrected chi connectivity index (χ3v) is 6.03. The van der Waals surface area contributed by atoms with E-state index in [1.807, 2.05) is 53.8 Å². The van der Waals surface area contributed by atoms with Crippen LogP contribution in [0, 0.1) is 6.92 Å². The van der Waals surface area contributed by atoms with E-state index < -0.39 is 5.97 Å².